The summed E-state index contributed by atoms with van der Waals surface area (Å²) in [5.74, 6) is -0.112. The Morgan fingerprint density at radius 3 is 2.92 bits per heavy atom. The molecule has 1 aromatic rings. The van der Waals surface area contributed by atoms with Crippen molar-refractivity contribution in [3.05, 3.63) is 29.1 Å². The molecule has 2 amide bonds. The van der Waals surface area contributed by atoms with Crippen molar-refractivity contribution in [1.29, 1.82) is 0 Å². The van der Waals surface area contributed by atoms with E-state index in [0.717, 1.165) is 11.8 Å². The molecule has 25 heavy (non-hydrogen) atoms. The molecule has 0 aromatic carbocycles. The minimum absolute atomic E-state index is 0.0357. The van der Waals surface area contributed by atoms with Crippen LogP contribution in [0, 0.1) is 0 Å². The van der Waals surface area contributed by atoms with Crippen molar-refractivity contribution in [2.45, 2.75) is 12.5 Å². The van der Waals surface area contributed by atoms with Gasteiger partial charge in [-0.15, -0.1) is 0 Å². The smallest absolute Gasteiger partial charge is 0.266 e. The topological polar surface area (TPSA) is 87.9 Å². The van der Waals surface area contributed by atoms with Crippen LogP contribution in [0.1, 0.15) is 12.2 Å². The molecular weight excluding hydrogens is 384 g/mol. The summed E-state index contributed by atoms with van der Waals surface area (Å²) in [6.45, 7) is -0.201. The zero-order valence-corrected chi connectivity index (χ0v) is 15.8. The van der Waals surface area contributed by atoms with Gasteiger partial charge < -0.3 is 9.32 Å². The standard InChI is InChI=1S/C15H16N2O5S3/c1-16(10-4-6-25(20,21)9-10)13(18)8-17-14(19)12(24-15(17)23)7-11-3-2-5-22-11/h2-3,5,7,10H,4,6,8-9H2,1H3/b12-7+/t10-/m0/s1. The fraction of sp³-hybridized carbons (Fsp3) is 0.400. The van der Waals surface area contributed by atoms with Gasteiger partial charge in [-0.25, -0.2) is 8.42 Å². The maximum absolute atomic E-state index is 12.5. The number of thiocarbonyl (C=S) groups is 1. The first-order valence-electron chi connectivity index (χ1n) is 7.52. The highest BCUT2D eigenvalue weighted by molar-refractivity contribution is 8.26. The number of thioether (sulfide) groups is 1. The van der Waals surface area contributed by atoms with Gasteiger partial charge in [-0.1, -0.05) is 24.0 Å². The van der Waals surface area contributed by atoms with Crippen LogP contribution in [0.2, 0.25) is 0 Å². The molecule has 3 heterocycles. The van der Waals surface area contributed by atoms with Crippen molar-refractivity contribution in [1.82, 2.24) is 9.80 Å². The lowest BCUT2D eigenvalue weighted by molar-refractivity contribution is -0.135. The van der Waals surface area contributed by atoms with Gasteiger partial charge in [0.15, 0.2) is 9.84 Å². The van der Waals surface area contributed by atoms with Crippen LogP contribution >= 0.6 is 24.0 Å². The maximum Gasteiger partial charge on any atom is 0.266 e. The molecule has 2 aliphatic heterocycles. The average molecular weight is 401 g/mol. The zero-order valence-electron chi connectivity index (χ0n) is 13.4. The van der Waals surface area contributed by atoms with Crippen molar-refractivity contribution in [2.75, 3.05) is 25.1 Å². The summed E-state index contributed by atoms with van der Waals surface area (Å²) in [7, 11) is -1.52. The number of sulfone groups is 1. The molecule has 0 bridgehead atoms. The molecule has 0 aliphatic carbocycles. The molecule has 2 saturated heterocycles. The van der Waals surface area contributed by atoms with Crippen LogP contribution in [0.5, 0.6) is 0 Å². The molecule has 0 unspecified atom stereocenters. The lowest BCUT2D eigenvalue weighted by Crippen LogP contribution is -2.45. The molecule has 0 N–H and O–H groups in total. The third-order valence-corrected chi connectivity index (χ3v) is 7.26. The Morgan fingerprint density at radius 1 is 1.56 bits per heavy atom. The van der Waals surface area contributed by atoms with Crippen molar-refractivity contribution >= 4 is 56.0 Å². The summed E-state index contributed by atoms with van der Waals surface area (Å²) in [5.41, 5.74) is 0. The second-order valence-electron chi connectivity index (χ2n) is 5.84. The molecule has 0 spiro atoms. The van der Waals surface area contributed by atoms with E-state index in [1.807, 2.05) is 0 Å². The number of amides is 2. The van der Waals surface area contributed by atoms with Gasteiger partial charge >= 0.3 is 0 Å². The van der Waals surface area contributed by atoms with Crippen molar-refractivity contribution in [3.63, 3.8) is 0 Å². The third kappa shape index (κ3) is 3.96. The van der Waals surface area contributed by atoms with E-state index in [0.29, 0.717) is 21.4 Å². The van der Waals surface area contributed by atoms with Crippen molar-refractivity contribution in [2.24, 2.45) is 0 Å². The minimum Gasteiger partial charge on any atom is -0.465 e. The van der Waals surface area contributed by atoms with Crippen LogP contribution in [0.3, 0.4) is 0 Å². The Kier molecular flexibility index (Phi) is 5.03. The van der Waals surface area contributed by atoms with Gasteiger partial charge in [-0.2, -0.15) is 0 Å². The Morgan fingerprint density at radius 2 is 2.32 bits per heavy atom. The highest BCUT2D eigenvalue weighted by Gasteiger charge is 2.37. The highest BCUT2D eigenvalue weighted by Crippen LogP contribution is 2.32. The van der Waals surface area contributed by atoms with E-state index in [1.165, 1.54) is 16.1 Å². The first-order valence-corrected chi connectivity index (χ1v) is 10.6. The van der Waals surface area contributed by atoms with Crippen LogP contribution in [0.15, 0.2) is 27.7 Å². The largest absolute Gasteiger partial charge is 0.465 e. The molecule has 0 saturated carbocycles. The number of nitrogens with zero attached hydrogens (tertiary/aromatic N) is 2. The predicted molar refractivity (Wildman–Crippen MR) is 98.4 cm³/mol. The van der Waals surface area contributed by atoms with Crippen molar-refractivity contribution < 1.29 is 22.4 Å². The second kappa shape index (κ2) is 6.93. The molecule has 7 nitrogen and oxygen atoms in total. The highest BCUT2D eigenvalue weighted by atomic mass is 32.2. The van der Waals surface area contributed by atoms with E-state index in [9.17, 15) is 18.0 Å². The Balaban J connectivity index is 1.67. The first kappa shape index (κ1) is 18.2. The summed E-state index contributed by atoms with van der Waals surface area (Å²) in [6.07, 6.45) is 3.50. The molecule has 1 atom stereocenters. The van der Waals surface area contributed by atoms with Gasteiger partial charge in [-0.3, -0.25) is 14.5 Å². The SMILES string of the molecule is CN(C(=O)CN1C(=O)/C(=C\c2ccco2)SC1=S)[C@H]1CCS(=O)(=O)C1. The molecule has 2 aliphatic rings. The Hall–Kier alpha value is -1.65. The van der Waals surface area contributed by atoms with E-state index < -0.39 is 9.84 Å². The molecule has 10 heteroatoms. The fourth-order valence-corrected chi connectivity index (χ4v) is 5.68. The Labute approximate surface area is 154 Å². The quantitative estimate of drug-likeness (QED) is 0.553. The van der Waals surface area contributed by atoms with Gasteiger partial charge in [0.1, 0.15) is 16.6 Å². The fourth-order valence-electron chi connectivity index (χ4n) is 2.67. The summed E-state index contributed by atoms with van der Waals surface area (Å²) < 4.78 is 28.6. The number of hydrogen-bond donors (Lipinski definition) is 0. The van der Waals surface area contributed by atoms with Crippen LogP contribution < -0.4 is 0 Å². The van der Waals surface area contributed by atoms with Crippen LogP contribution in [-0.4, -0.2) is 65.5 Å². The van der Waals surface area contributed by atoms with E-state index in [1.54, 1.807) is 25.3 Å². The van der Waals surface area contributed by atoms with Crippen LogP contribution in [0.25, 0.3) is 6.08 Å². The predicted octanol–water partition coefficient (Wildman–Crippen LogP) is 1.13. The molecule has 1 aromatic heterocycles. The van der Waals surface area contributed by atoms with Crippen molar-refractivity contribution in [3.8, 4) is 0 Å². The lowest BCUT2D eigenvalue weighted by Gasteiger charge is -2.25. The van der Waals surface area contributed by atoms with E-state index in [-0.39, 0.29) is 35.9 Å². The number of hydrogen-bond acceptors (Lipinski definition) is 7. The van der Waals surface area contributed by atoms with Gasteiger partial charge in [0.2, 0.25) is 5.91 Å². The summed E-state index contributed by atoms with van der Waals surface area (Å²) in [4.78, 5) is 27.9. The summed E-state index contributed by atoms with van der Waals surface area (Å²) in [6, 6.07) is 3.07. The van der Waals surface area contributed by atoms with E-state index in [4.69, 9.17) is 16.6 Å². The maximum atomic E-state index is 12.5. The number of likely N-dealkylation sites (N-methyl/N-ethyl adjacent to an activating group) is 1. The monoisotopic (exact) mass is 400 g/mol. The van der Waals surface area contributed by atoms with Crippen LogP contribution in [0.4, 0.5) is 0 Å². The van der Waals surface area contributed by atoms with Gasteiger partial charge in [-0.05, 0) is 18.6 Å². The zero-order chi connectivity index (χ0) is 18.2. The van der Waals surface area contributed by atoms with Gasteiger partial charge in [0.25, 0.3) is 5.91 Å². The molecular formula is C15H16N2O5S3. The molecule has 3 rings (SSSR count). The number of furan rings is 1. The molecule has 2 fully saturated rings. The normalized spacial score (nSPS) is 24.3. The molecule has 0 radical (unpaired) electrons. The number of carbonyl (C=O) groups excluding carboxylic acids is 2. The lowest BCUT2D eigenvalue weighted by atomic mass is 10.2. The average Bonchev–Trinajstić information content (AvgIpc) is 3.24. The third-order valence-electron chi connectivity index (χ3n) is 4.13. The summed E-state index contributed by atoms with van der Waals surface area (Å²) >= 11 is 6.30. The summed E-state index contributed by atoms with van der Waals surface area (Å²) in [5, 5.41) is 0. The second-order valence-corrected chi connectivity index (χ2v) is 9.75. The number of carbonyl (C=O) groups is 2. The minimum atomic E-state index is -3.08. The van der Waals surface area contributed by atoms with E-state index in [2.05, 4.69) is 0 Å². The van der Waals surface area contributed by atoms with Gasteiger partial charge in [0.05, 0.1) is 22.7 Å². The Bertz CT molecular complexity index is 845. The molecule has 134 valence electrons. The number of rotatable bonds is 4. The van der Waals surface area contributed by atoms with E-state index >= 15 is 0 Å². The van der Waals surface area contributed by atoms with Crippen LogP contribution in [-0.2, 0) is 19.4 Å². The van der Waals surface area contributed by atoms with Gasteiger partial charge in [0, 0.05) is 19.2 Å². The first-order chi connectivity index (χ1) is 11.8.